The molecule has 0 aromatic rings. The summed E-state index contributed by atoms with van der Waals surface area (Å²) in [6, 6.07) is 0. The van der Waals surface area contributed by atoms with Crippen LogP contribution >= 0.6 is 23.2 Å². The average molecular weight is 752 g/mol. The van der Waals surface area contributed by atoms with Gasteiger partial charge >= 0.3 is 0 Å². The molecule has 5 heteroatoms. The molecule has 5 rings (SSSR count). The first-order valence-corrected chi connectivity index (χ1v) is 23.8. The van der Waals surface area contributed by atoms with Gasteiger partial charge in [-0.1, -0.05) is 127 Å². The van der Waals surface area contributed by atoms with E-state index >= 15 is 0 Å². The van der Waals surface area contributed by atoms with Crippen LogP contribution in [0.15, 0.2) is 0 Å². The third kappa shape index (κ3) is 10.7. The molecule has 0 aliphatic heterocycles. The van der Waals surface area contributed by atoms with Crippen molar-refractivity contribution in [3.05, 3.63) is 0 Å². The number of Topliss-reactive ketones (excluding diaryl/α,β-unsaturated/α-hetero) is 1. The second-order valence-electron chi connectivity index (χ2n) is 18.5. The van der Waals surface area contributed by atoms with Crippen LogP contribution in [0.25, 0.3) is 0 Å². The maximum Gasteiger partial charge on any atom is 0.151 e. The normalized spacial score (nSPS) is 35.3. The minimum absolute atomic E-state index is 0.452. The van der Waals surface area contributed by atoms with Gasteiger partial charge in [-0.3, -0.25) is 4.79 Å². The first kappa shape index (κ1) is 42.3. The van der Waals surface area contributed by atoms with E-state index in [9.17, 15) is 4.79 Å². The standard InChI is InChI=1S/C46H80Cl2O3/c1-3-5-7-9-11-13-15-17-35-50-41-23-19-37(20-24-41)39-27-31-44(32-28-39)43(49)45(46(44,47)48)33-29-40(30-34-45)38-21-25-42(26-22-38)51-36-18-16-14-12-10-8-6-4-2/h37-42H,3-36H2,1-2H3/t37?,38?,39-,40?,41?,42?,44+,45-. The summed E-state index contributed by atoms with van der Waals surface area (Å²) in [5, 5.41) is 0. The van der Waals surface area contributed by atoms with E-state index in [1.807, 2.05) is 0 Å². The molecular formula is C46H80Cl2O3. The zero-order valence-corrected chi connectivity index (χ0v) is 35.0. The van der Waals surface area contributed by atoms with Crippen molar-refractivity contribution in [1.82, 2.24) is 0 Å². The van der Waals surface area contributed by atoms with Crippen molar-refractivity contribution < 1.29 is 14.3 Å². The van der Waals surface area contributed by atoms with E-state index in [1.54, 1.807) is 0 Å². The zero-order chi connectivity index (χ0) is 36.0. The quantitative estimate of drug-likeness (QED) is 0.0816. The van der Waals surface area contributed by atoms with Crippen molar-refractivity contribution in [3.63, 3.8) is 0 Å². The van der Waals surface area contributed by atoms with Crippen LogP contribution in [0, 0.1) is 34.5 Å². The lowest BCUT2D eigenvalue weighted by atomic mass is 9.41. The first-order valence-electron chi connectivity index (χ1n) is 23.0. The van der Waals surface area contributed by atoms with Gasteiger partial charge in [0.25, 0.3) is 0 Å². The Labute approximate surface area is 325 Å². The number of ether oxygens (including phenoxy) is 2. The molecule has 0 aromatic heterocycles. The summed E-state index contributed by atoms with van der Waals surface area (Å²) in [6.07, 6.45) is 40.8. The fourth-order valence-corrected chi connectivity index (χ4v) is 13.0. The van der Waals surface area contributed by atoms with E-state index < -0.39 is 15.2 Å². The van der Waals surface area contributed by atoms with E-state index in [-0.39, 0.29) is 0 Å². The number of alkyl halides is 2. The Morgan fingerprint density at radius 2 is 0.745 bits per heavy atom. The maximum atomic E-state index is 14.2. The second-order valence-corrected chi connectivity index (χ2v) is 19.8. The SMILES string of the molecule is CCCCCCCCCCOC1CCC(C2CC[C@]3(CC2)C(=O)[C@@]2(CC[C@@H](C4CCC(OCCCCCCCCCC)CC4)CC2)C3(Cl)Cl)CC1. The largest absolute Gasteiger partial charge is 0.378 e. The molecular weight excluding hydrogens is 671 g/mol. The van der Waals surface area contributed by atoms with Crippen molar-refractivity contribution in [2.75, 3.05) is 13.2 Å². The number of halogens is 2. The molecule has 5 aliphatic carbocycles. The second kappa shape index (κ2) is 21.5. The van der Waals surface area contributed by atoms with Gasteiger partial charge in [0.2, 0.25) is 0 Å². The number of carbonyl (C=O) groups is 1. The third-order valence-corrected chi connectivity index (χ3v) is 16.8. The summed E-state index contributed by atoms with van der Waals surface area (Å²) in [6.45, 7) is 6.47. The van der Waals surface area contributed by atoms with Gasteiger partial charge in [0.15, 0.2) is 5.78 Å². The summed E-state index contributed by atoms with van der Waals surface area (Å²) in [5.41, 5.74) is -0.972. The minimum atomic E-state index is -0.880. The summed E-state index contributed by atoms with van der Waals surface area (Å²) in [5.74, 6) is 3.49. The number of ketones is 1. The van der Waals surface area contributed by atoms with Crippen LogP contribution in [-0.4, -0.2) is 35.5 Å². The van der Waals surface area contributed by atoms with Crippen LogP contribution in [0.2, 0.25) is 0 Å². The van der Waals surface area contributed by atoms with Gasteiger partial charge in [-0.05, 0) is 139 Å². The highest BCUT2D eigenvalue weighted by atomic mass is 35.5. The summed E-state index contributed by atoms with van der Waals surface area (Å²) < 4.78 is 11.8. The molecule has 0 radical (unpaired) electrons. The predicted molar refractivity (Wildman–Crippen MR) is 217 cm³/mol. The Morgan fingerprint density at radius 1 is 0.451 bits per heavy atom. The third-order valence-electron chi connectivity index (χ3n) is 15.3. The monoisotopic (exact) mass is 751 g/mol. The van der Waals surface area contributed by atoms with Gasteiger partial charge in [-0.2, -0.15) is 0 Å². The van der Waals surface area contributed by atoms with Gasteiger partial charge in [-0.25, -0.2) is 0 Å². The molecule has 0 atom stereocenters. The van der Waals surface area contributed by atoms with Gasteiger partial charge in [0, 0.05) is 13.2 Å². The van der Waals surface area contributed by atoms with Crippen LogP contribution < -0.4 is 0 Å². The Kier molecular flexibility index (Phi) is 17.8. The molecule has 0 aromatic carbocycles. The molecule has 0 N–H and O–H groups in total. The molecule has 0 amide bonds. The van der Waals surface area contributed by atoms with Crippen LogP contribution in [0.1, 0.15) is 219 Å². The lowest BCUT2D eigenvalue weighted by molar-refractivity contribution is -0.173. The van der Waals surface area contributed by atoms with Crippen molar-refractivity contribution in [2.24, 2.45) is 34.5 Å². The highest BCUT2D eigenvalue weighted by Gasteiger charge is 2.79. The Morgan fingerprint density at radius 3 is 1.06 bits per heavy atom. The maximum absolute atomic E-state index is 14.2. The molecule has 0 saturated heterocycles. The molecule has 5 saturated carbocycles. The number of carbonyl (C=O) groups excluding carboxylic acids is 1. The first-order chi connectivity index (χ1) is 24.9. The summed E-state index contributed by atoms with van der Waals surface area (Å²) in [7, 11) is 0. The molecule has 5 aliphatic rings. The topological polar surface area (TPSA) is 35.5 Å². The Hall–Kier alpha value is 0.170. The fraction of sp³-hybridized carbons (Fsp3) is 0.978. The summed E-state index contributed by atoms with van der Waals surface area (Å²) >= 11 is 14.8. The predicted octanol–water partition coefficient (Wildman–Crippen LogP) is 14.5. The molecule has 3 nitrogen and oxygen atoms in total. The van der Waals surface area contributed by atoms with E-state index in [2.05, 4.69) is 13.8 Å². The van der Waals surface area contributed by atoms with Gasteiger partial charge in [0.05, 0.1) is 23.0 Å². The van der Waals surface area contributed by atoms with Crippen molar-refractivity contribution in [1.29, 1.82) is 0 Å². The molecule has 296 valence electrons. The highest BCUT2D eigenvalue weighted by molar-refractivity contribution is 6.55. The fourth-order valence-electron chi connectivity index (χ4n) is 11.9. The number of unbranched alkanes of at least 4 members (excludes halogenated alkanes) is 14. The smallest absolute Gasteiger partial charge is 0.151 e. The minimum Gasteiger partial charge on any atom is -0.378 e. The zero-order valence-electron chi connectivity index (χ0n) is 33.5. The molecule has 51 heavy (non-hydrogen) atoms. The average Bonchev–Trinajstić information content (AvgIpc) is 3.17. The number of hydrogen-bond donors (Lipinski definition) is 0. The van der Waals surface area contributed by atoms with E-state index in [0.717, 1.165) is 88.3 Å². The molecule has 0 unspecified atom stereocenters. The molecule has 5 fully saturated rings. The van der Waals surface area contributed by atoms with E-state index in [1.165, 1.54) is 154 Å². The number of rotatable bonds is 22. The van der Waals surface area contributed by atoms with E-state index in [4.69, 9.17) is 32.7 Å². The van der Waals surface area contributed by atoms with Gasteiger partial charge in [-0.15, -0.1) is 0 Å². The number of hydrogen-bond acceptors (Lipinski definition) is 3. The van der Waals surface area contributed by atoms with Crippen molar-refractivity contribution >= 4 is 29.0 Å². The van der Waals surface area contributed by atoms with Crippen molar-refractivity contribution in [2.45, 2.75) is 236 Å². The van der Waals surface area contributed by atoms with Crippen molar-refractivity contribution in [3.8, 4) is 0 Å². The lowest BCUT2D eigenvalue weighted by Crippen LogP contribution is -2.74. The lowest BCUT2D eigenvalue weighted by Gasteiger charge is -2.67. The molecule has 2 spiro atoms. The van der Waals surface area contributed by atoms with Gasteiger partial charge < -0.3 is 9.47 Å². The molecule has 0 bridgehead atoms. The Balaban J connectivity index is 0.937. The highest BCUT2D eigenvalue weighted by Crippen LogP contribution is 2.75. The Bertz CT molecular complexity index is 891. The van der Waals surface area contributed by atoms with Crippen LogP contribution in [-0.2, 0) is 14.3 Å². The van der Waals surface area contributed by atoms with Crippen LogP contribution in [0.4, 0.5) is 0 Å². The molecule has 0 heterocycles. The van der Waals surface area contributed by atoms with Gasteiger partial charge in [0.1, 0.15) is 4.33 Å². The van der Waals surface area contributed by atoms with E-state index in [0.29, 0.717) is 18.0 Å². The van der Waals surface area contributed by atoms with Crippen LogP contribution in [0.5, 0.6) is 0 Å². The summed E-state index contributed by atoms with van der Waals surface area (Å²) in [4.78, 5) is 14.2. The van der Waals surface area contributed by atoms with Crippen LogP contribution in [0.3, 0.4) is 0 Å².